The number of para-hydroxylation sites is 1. The Morgan fingerprint density at radius 2 is 1.38 bits per heavy atom. The predicted octanol–water partition coefficient (Wildman–Crippen LogP) is 4.04. The van der Waals surface area contributed by atoms with Crippen molar-refractivity contribution in [1.29, 1.82) is 0 Å². The van der Waals surface area contributed by atoms with E-state index < -0.39 is 37.6 Å². The lowest BCUT2D eigenvalue weighted by Crippen LogP contribution is -2.32. The number of non-ortho nitro benzene ring substituents is 1. The summed E-state index contributed by atoms with van der Waals surface area (Å²) in [5, 5.41) is 40.2. The summed E-state index contributed by atoms with van der Waals surface area (Å²) in [6.07, 6.45) is 2.68. The van der Waals surface area contributed by atoms with Crippen molar-refractivity contribution in [3.05, 3.63) is 72.8 Å². The van der Waals surface area contributed by atoms with Gasteiger partial charge in [0.2, 0.25) is 0 Å². The van der Waals surface area contributed by atoms with Gasteiger partial charge in [0.15, 0.2) is 0 Å². The molecule has 154 valence electrons. The Hall–Kier alpha value is -3.76. The van der Waals surface area contributed by atoms with Gasteiger partial charge >= 0.3 is 11.4 Å². The smallest absolute Gasteiger partial charge is 0.324 e. The number of nitrogens with zero attached hydrogens (tertiary/aromatic N) is 4. The third-order valence-electron chi connectivity index (χ3n) is 4.56. The second kappa shape index (κ2) is 9.44. The maximum Gasteiger partial charge on any atom is 0.324 e. The van der Waals surface area contributed by atoms with Gasteiger partial charge in [0.25, 0.3) is 11.4 Å². The standard InChI is InChI=1S/C12H17N.C6H3N3O7/c1-11-7-9-13(10-8-11)12-5-3-2-4-6-12;10-6-4(8(13)14)1-3(7(11)12)2-5(6)9(15)16/h2-6,11H,7-10H2,1H3;1-2,10H. The highest BCUT2D eigenvalue weighted by Gasteiger charge is 2.30. The van der Waals surface area contributed by atoms with Crippen LogP contribution in [-0.4, -0.2) is 33.0 Å². The zero-order chi connectivity index (χ0) is 21.6. The number of phenolic OH excluding ortho intramolecular Hbond substituents is 1. The number of aromatic hydroxyl groups is 1. The zero-order valence-electron chi connectivity index (χ0n) is 15.6. The Bertz CT molecular complexity index is 861. The molecule has 11 nitrogen and oxygen atoms in total. The molecule has 0 spiro atoms. The number of phenols is 1. The van der Waals surface area contributed by atoms with Crippen LogP contribution in [0.2, 0.25) is 0 Å². The van der Waals surface area contributed by atoms with Gasteiger partial charge in [0.1, 0.15) is 0 Å². The summed E-state index contributed by atoms with van der Waals surface area (Å²) in [7, 11) is 0. The molecule has 1 N–H and O–H groups in total. The first-order valence-corrected chi connectivity index (χ1v) is 8.81. The molecule has 1 aliphatic heterocycles. The quantitative estimate of drug-likeness (QED) is 0.591. The first-order valence-electron chi connectivity index (χ1n) is 8.81. The number of rotatable bonds is 4. The Balaban J connectivity index is 0.000000211. The van der Waals surface area contributed by atoms with Crippen LogP contribution in [0.4, 0.5) is 22.7 Å². The molecule has 1 aliphatic rings. The molecule has 29 heavy (non-hydrogen) atoms. The van der Waals surface area contributed by atoms with Crippen molar-refractivity contribution >= 4 is 22.7 Å². The lowest BCUT2D eigenvalue weighted by atomic mass is 9.99. The van der Waals surface area contributed by atoms with Crippen molar-refractivity contribution < 1.29 is 19.9 Å². The van der Waals surface area contributed by atoms with Crippen molar-refractivity contribution in [2.75, 3.05) is 18.0 Å². The van der Waals surface area contributed by atoms with E-state index in [-0.39, 0.29) is 0 Å². The number of hydrogen-bond acceptors (Lipinski definition) is 8. The van der Waals surface area contributed by atoms with Crippen LogP contribution in [0.15, 0.2) is 42.5 Å². The largest absolute Gasteiger partial charge is 0.497 e. The van der Waals surface area contributed by atoms with Crippen LogP contribution >= 0.6 is 0 Å². The van der Waals surface area contributed by atoms with Gasteiger partial charge in [-0.05, 0) is 30.9 Å². The van der Waals surface area contributed by atoms with Gasteiger partial charge in [-0.15, -0.1) is 0 Å². The number of anilines is 1. The summed E-state index contributed by atoms with van der Waals surface area (Å²) in [5.41, 5.74) is -1.62. The third kappa shape index (κ3) is 5.61. The minimum absolute atomic E-state index is 0.447. The van der Waals surface area contributed by atoms with Crippen LogP contribution in [0.3, 0.4) is 0 Å². The number of hydrogen-bond donors (Lipinski definition) is 1. The van der Waals surface area contributed by atoms with Crippen molar-refractivity contribution in [2.45, 2.75) is 19.8 Å². The van der Waals surface area contributed by atoms with Gasteiger partial charge in [-0.2, -0.15) is 0 Å². The molecule has 1 saturated heterocycles. The van der Waals surface area contributed by atoms with Crippen LogP contribution in [0.5, 0.6) is 5.75 Å². The van der Waals surface area contributed by atoms with E-state index in [1.807, 2.05) is 0 Å². The Kier molecular flexibility index (Phi) is 7.01. The van der Waals surface area contributed by atoms with Crippen LogP contribution in [0.25, 0.3) is 0 Å². The van der Waals surface area contributed by atoms with Crippen LogP contribution in [-0.2, 0) is 0 Å². The number of piperidine rings is 1. The van der Waals surface area contributed by atoms with Crippen LogP contribution < -0.4 is 4.90 Å². The van der Waals surface area contributed by atoms with E-state index in [1.54, 1.807) is 0 Å². The topological polar surface area (TPSA) is 153 Å². The average molecular weight is 404 g/mol. The molecule has 1 heterocycles. The molecule has 0 amide bonds. The Morgan fingerprint density at radius 1 is 0.897 bits per heavy atom. The van der Waals surface area contributed by atoms with E-state index in [4.69, 9.17) is 5.11 Å². The Morgan fingerprint density at radius 3 is 1.79 bits per heavy atom. The highest BCUT2D eigenvalue weighted by atomic mass is 16.6. The number of nitro groups is 3. The molecular weight excluding hydrogens is 384 g/mol. The second-order valence-electron chi connectivity index (χ2n) is 6.61. The van der Waals surface area contributed by atoms with Gasteiger partial charge in [-0.25, -0.2) is 0 Å². The van der Waals surface area contributed by atoms with Gasteiger partial charge in [-0.1, -0.05) is 25.1 Å². The lowest BCUT2D eigenvalue weighted by molar-refractivity contribution is -0.404. The highest BCUT2D eigenvalue weighted by molar-refractivity contribution is 5.64. The third-order valence-corrected chi connectivity index (χ3v) is 4.56. The van der Waals surface area contributed by atoms with Crippen LogP contribution in [0, 0.1) is 36.3 Å². The maximum atomic E-state index is 10.4. The summed E-state index contributed by atoms with van der Waals surface area (Å²) in [4.78, 5) is 30.3. The molecule has 11 heteroatoms. The van der Waals surface area contributed by atoms with Gasteiger partial charge in [0.05, 0.1) is 26.9 Å². The molecule has 2 aromatic carbocycles. The van der Waals surface area contributed by atoms with Crippen molar-refractivity contribution in [2.24, 2.45) is 5.92 Å². The molecule has 0 aliphatic carbocycles. The fraction of sp³-hybridized carbons (Fsp3) is 0.333. The van der Waals surface area contributed by atoms with Crippen molar-refractivity contribution in [3.8, 4) is 5.75 Å². The van der Waals surface area contributed by atoms with Crippen molar-refractivity contribution in [1.82, 2.24) is 0 Å². The van der Waals surface area contributed by atoms with E-state index in [2.05, 4.69) is 42.2 Å². The minimum atomic E-state index is -1.21. The first kappa shape index (κ1) is 21.5. The van der Waals surface area contributed by atoms with Crippen molar-refractivity contribution in [3.63, 3.8) is 0 Å². The van der Waals surface area contributed by atoms with E-state index in [9.17, 15) is 30.3 Å². The molecular formula is C18H20N4O7. The molecule has 0 bridgehead atoms. The van der Waals surface area contributed by atoms with Gasteiger partial charge < -0.3 is 10.0 Å². The summed E-state index contributed by atoms with van der Waals surface area (Å²) in [6.45, 7) is 4.80. The summed E-state index contributed by atoms with van der Waals surface area (Å²) >= 11 is 0. The van der Waals surface area contributed by atoms with Gasteiger partial charge in [-0.3, -0.25) is 30.3 Å². The normalized spacial score (nSPS) is 13.9. The fourth-order valence-electron chi connectivity index (χ4n) is 2.88. The van der Waals surface area contributed by atoms with E-state index in [0.717, 1.165) is 5.92 Å². The summed E-state index contributed by atoms with van der Waals surface area (Å²) < 4.78 is 0. The van der Waals surface area contributed by atoms with Crippen LogP contribution in [0.1, 0.15) is 19.8 Å². The molecule has 0 saturated carbocycles. The van der Waals surface area contributed by atoms with E-state index in [0.29, 0.717) is 12.1 Å². The Labute approximate surface area is 165 Å². The number of nitro benzene ring substituents is 3. The van der Waals surface area contributed by atoms with Gasteiger partial charge in [0, 0.05) is 18.8 Å². The minimum Gasteiger partial charge on any atom is -0.497 e. The zero-order valence-corrected chi connectivity index (χ0v) is 15.6. The fourth-order valence-corrected chi connectivity index (χ4v) is 2.88. The monoisotopic (exact) mass is 404 g/mol. The number of benzene rings is 2. The SMILES string of the molecule is CC1CCN(c2ccccc2)CC1.O=[N+]([O-])c1cc([N+](=O)[O-])c(O)c([N+](=O)[O-])c1. The van der Waals surface area contributed by atoms with E-state index in [1.165, 1.54) is 31.6 Å². The summed E-state index contributed by atoms with van der Waals surface area (Å²) in [6, 6.07) is 11.6. The second-order valence-corrected chi connectivity index (χ2v) is 6.61. The average Bonchev–Trinajstić information content (AvgIpc) is 2.69. The first-order chi connectivity index (χ1) is 13.7. The molecule has 2 aromatic rings. The lowest BCUT2D eigenvalue weighted by Gasteiger charge is -2.32. The molecule has 0 aromatic heterocycles. The molecule has 1 fully saturated rings. The maximum absolute atomic E-state index is 10.4. The predicted molar refractivity (Wildman–Crippen MR) is 105 cm³/mol. The molecule has 0 atom stereocenters. The molecule has 0 unspecified atom stereocenters. The van der Waals surface area contributed by atoms with E-state index >= 15 is 0 Å². The molecule has 0 radical (unpaired) electrons. The highest BCUT2D eigenvalue weighted by Crippen LogP contribution is 2.38. The molecule has 3 rings (SSSR count). The summed E-state index contributed by atoms with van der Waals surface area (Å²) in [5.74, 6) is -0.291.